The van der Waals surface area contributed by atoms with Crippen molar-refractivity contribution in [2.45, 2.75) is 0 Å². The normalized spacial score (nSPS) is 11.4. The van der Waals surface area contributed by atoms with E-state index in [4.69, 9.17) is 17.3 Å². The van der Waals surface area contributed by atoms with Gasteiger partial charge in [0.2, 0.25) is 10.0 Å². The van der Waals surface area contributed by atoms with Gasteiger partial charge in [-0.15, -0.1) is 0 Å². The fourth-order valence-corrected chi connectivity index (χ4v) is 2.31. The van der Waals surface area contributed by atoms with Crippen molar-refractivity contribution in [1.82, 2.24) is 0 Å². The lowest BCUT2D eigenvalue weighted by Crippen LogP contribution is -2.31. The van der Waals surface area contributed by atoms with Crippen LogP contribution < -0.4 is 10.0 Å². The van der Waals surface area contributed by atoms with Crippen LogP contribution in [-0.2, 0) is 10.0 Å². The maximum Gasteiger partial charge on any atom is 0.236 e. The van der Waals surface area contributed by atoms with Gasteiger partial charge in [0.05, 0.1) is 11.4 Å². The summed E-state index contributed by atoms with van der Waals surface area (Å²) in [5.41, 5.74) is 5.77. The van der Waals surface area contributed by atoms with Crippen LogP contribution in [0.2, 0.25) is 5.02 Å². The van der Waals surface area contributed by atoms with Crippen LogP contribution in [0, 0.1) is 0 Å². The molecule has 0 amide bonds. The van der Waals surface area contributed by atoms with Crippen molar-refractivity contribution in [2.75, 3.05) is 23.7 Å². The number of halogens is 1. The molecule has 6 heteroatoms. The molecule has 1 aromatic carbocycles. The topological polar surface area (TPSA) is 63.4 Å². The molecule has 0 aliphatic rings. The van der Waals surface area contributed by atoms with Crippen molar-refractivity contribution in [3.63, 3.8) is 0 Å². The Balaban J connectivity index is 2.99. The Kier molecular flexibility index (Phi) is 3.96. The van der Waals surface area contributed by atoms with Crippen LogP contribution in [0.3, 0.4) is 0 Å². The first kappa shape index (κ1) is 12.3. The van der Waals surface area contributed by atoms with E-state index in [-0.39, 0.29) is 12.3 Å². The van der Waals surface area contributed by atoms with Crippen molar-refractivity contribution in [1.29, 1.82) is 0 Å². The number of rotatable bonds is 4. The minimum Gasteiger partial charge on any atom is -0.329 e. The van der Waals surface area contributed by atoms with Crippen LogP contribution in [0.25, 0.3) is 0 Å². The van der Waals surface area contributed by atoms with Crippen molar-refractivity contribution in [2.24, 2.45) is 5.73 Å². The number of nitrogens with zero attached hydrogens (tertiary/aromatic N) is 1. The third-order valence-corrected chi connectivity index (χ3v) is 4.00. The Morgan fingerprint density at radius 1 is 1.47 bits per heavy atom. The Morgan fingerprint density at radius 2 is 2.13 bits per heavy atom. The first-order chi connectivity index (χ1) is 6.97. The molecule has 0 fully saturated rings. The zero-order valence-electron chi connectivity index (χ0n) is 8.35. The van der Waals surface area contributed by atoms with Crippen molar-refractivity contribution < 1.29 is 8.42 Å². The molecule has 2 N–H and O–H groups in total. The molecule has 0 bridgehead atoms. The second-order valence-corrected chi connectivity index (χ2v) is 5.61. The van der Waals surface area contributed by atoms with E-state index in [1.165, 1.54) is 11.4 Å². The molecule has 0 radical (unpaired) electrons. The van der Waals surface area contributed by atoms with Gasteiger partial charge in [0.15, 0.2) is 0 Å². The predicted octanol–water partition coefficient (Wildman–Crippen LogP) is 1.06. The van der Waals surface area contributed by atoms with Gasteiger partial charge in [-0.2, -0.15) is 0 Å². The van der Waals surface area contributed by atoms with Crippen molar-refractivity contribution in [3.05, 3.63) is 29.3 Å². The summed E-state index contributed by atoms with van der Waals surface area (Å²) in [6.45, 7) is 0.104. The largest absolute Gasteiger partial charge is 0.329 e. The first-order valence-electron chi connectivity index (χ1n) is 4.39. The summed E-state index contributed by atoms with van der Waals surface area (Å²) < 4.78 is 24.5. The van der Waals surface area contributed by atoms with Crippen molar-refractivity contribution in [3.8, 4) is 0 Å². The number of benzene rings is 1. The summed E-state index contributed by atoms with van der Waals surface area (Å²) >= 11 is 5.77. The highest BCUT2D eigenvalue weighted by Gasteiger charge is 2.17. The molecule has 15 heavy (non-hydrogen) atoms. The van der Waals surface area contributed by atoms with E-state index in [1.807, 2.05) is 0 Å². The molecule has 0 aliphatic heterocycles. The van der Waals surface area contributed by atoms with Crippen LogP contribution in [-0.4, -0.2) is 27.8 Å². The zero-order valence-corrected chi connectivity index (χ0v) is 9.92. The standard InChI is InChI=1S/C9H13ClN2O2S/c1-12(15(13,14)6-5-11)9-4-2-3-8(10)7-9/h2-4,7H,5-6,11H2,1H3. The number of hydrogen-bond donors (Lipinski definition) is 1. The molecule has 4 nitrogen and oxygen atoms in total. The molecule has 0 saturated carbocycles. The highest BCUT2D eigenvalue weighted by Crippen LogP contribution is 2.20. The molecular formula is C9H13ClN2O2S. The molecule has 0 aromatic heterocycles. The van der Waals surface area contributed by atoms with Crippen LogP contribution in [0.15, 0.2) is 24.3 Å². The van der Waals surface area contributed by atoms with Gasteiger partial charge >= 0.3 is 0 Å². The Labute approximate surface area is 94.7 Å². The fourth-order valence-electron chi connectivity index (χ4n) is 1.12. The monoisotopic (exact) mass is 248 g/mol. The molecule has 0 saturated heterocycles. The lowest BCUT2D eigenvalue weighted by molar-refractivity contribution is 0.594. The molecule has 0 aliphatic carbocycles. The van der Waals surface area contributed by atoms with E-state index in [0.717, 1.165) is 0 Å². The second-order valence-electron chi connectivity index (χ2n) is 3.05. The van der Waals surface area contributed by atoms with E-state index in [9.17, 15) is 8.42 Å². The quantitative estimate of drug-likeness (QED) is 0.867. The Bertz CT molecular complexity index is 433. The maximum absolute atomic E-state index is 11.6. The SMILES string of the molecule is CN(c1cccc(Cl)c1)S(=O)(=O)CCN. The highest BCUT2D eigenvalue weighted by molar-refractivity contribution is 7.92. The van der Waals surface area contributed by atoms with E-state index < -0.39 is 10.0 Å². The lowest BCUT2D eigenvalue weighted by Gasteiger charge is -2.18. The van der Waals surface area contributed by atoms with E-state index in [1.54, 1.807) is 24.3 Å². The summed E-state index contributed by atoms with van der Waals surface area (Å²) in [5.74, 6) is -0.0734. The molecule has 0 atom stereocenters. The van der Waals surface area contributed by atoms with Crippen LogP contribution in [0.5, 0.6) is 0 Å². The smallest absolute Gasteiger partial charge is 0.236 e. The molecule has 1 rings (SSSR count). The summed E-state index contributed by atoms with van der Waals surface area (Å²) in [4.78, 5) is 0. The third kappa shape index (κ3) is 3.09. The molecule has 0 heterocycles. The van der Waals surface area contributed by atoms with Crippen LogP contribution in [0.1, 0.15) is 0 Å². The molecule has 0 unspecified atom stereocenters. The Hall–Kier alpha value is -0.780. The number of nitrogens with two attached hydrogens (primary N) is 1. The molecule has 84 valence electrons. The summed E-state index contributed by atoms with van der Waals surface area (Å²) in [7, 11) is -1.85. The van der Waals surface area contributed by atoms with Gasteiger partial charge in [0.1, 0.15) is 0 Å². The van der Waals surface area contributed by atoms with Crippen molar-refractivity contribution >= 4 is 27.3 Å². The lowest BCUT2D eigenvalue weighted by atomic mass is 10.3. The number of sulfonamides is 1. The van der Waals surface area contributed by atoms with Gasteiger partial charge in [0, 0.05) is 18.6 Å². The predicted molar refractivity (Wildman–Crippen MR) is 62.7 cm³/mol. The van der Waals surface area contributed by atoms with E-state index in [0.29, 0.717) is 10.7 Å². The first-order valence-corrected chi connectivity index (χ1v) is 6.38. The fraction of sp³-hybridized carbons (Fsp3) is 0.333. The minimum atomic E-state index is -3.33. The van der Waals surface area contributed by atoms with Gasteiger partial charge < -0.3 is 5.73 Å². The van der Waals surface area contributed by atoms with Gasteiger partial charge in [-0.1, -0.05) is 17.7 Å². The Morgan fingerprint density at radius 3 is 2.67 bits per heavy atom. The zero-order chi connectivity index (χ0) is 11.5. The van der Waals surface area contributed by atoms with E-state index in [2.05, 4.69) is 0 Å². The third-order valence-electron chi connectivity index (χ3n) is 1.96. The summed E-state index contributed by atoms with van der Waals surface area (Å²) in [6.07, 6.45) is 0. The second kappa shape index (κ2) is 4.83. The molecule has 1 aromatic rings. The average molecular weight is 249 g/mol. The van der Waals surface area contributed by atoms with Gasteiger partial charge in [-0.3, -0.25) is 4.31 Å². The van der Waals surface area contributed by atoms with E-state index >= 15 is 0 Å². The van der Waals surface area contributed by atoms with Crippen LogP contribution in [0.4, 0.5) is 5.69 Å². The number of anilines is 1. The summed E-state index contributed by atoms with van der Waals surface area (Å²) in [5, 5.41) is 0.502. The maximum atomic E-state index is 11.6. The molecule has 0 spiro atoms. The van der Waals surface area contributed by atoms with Gasteiger partial charge in [-0.05, 0) is 18.2 Å². The van der Waals surface area contributed by atoms with Crippen LogP contribution >= 0.6 is 11.6 Å². The van der Waals surface area contributed by atoms with Gasteiger partial charge in [-0.25, -0.2) is 8.42 Å². The minimum absolute atomic E-state index is 0.0734. The average Bonchev–Trinajstić information content (AvgIpc) is 2.16. The summed E-state index contributed by atoms with van der Waals surface area (Å²) in [6, 6.07) is 6.66. The van der Waals surface area contributed by atoms with Gasteiger partial charge in [0.25, 0.3) is 0 Å². The highest BCUT2D eigenvalue weighted by atomic mass is 35.5. The molecular weight excluding hydrogens is 236 g/mol. The number of hydrogen-bond acceptors (Lipinski definition) is 3.